The quantitative estimate of drug-likeness (QED) is 0.830. The highest BCUT2D eigenvalue weighted by Gasteiger charge is 2.38. The molecule has 2 aromatic rings. The van der Waals surface area contributed by atoms with E-state index in [0.29, 0.717) is 41.8 Å². The van der Waals surface area contributed by atoms with E-state index in [2.05, 4.69) is 10.1 Å². The summed E-state index contributed by atoms with van der Waals surface area (Å²) in [7, 11) is 4.80. The van der Waals surface area contributed by atoms with Crippen molar-refractivity contribution in [3.63, 3.8) is 0 Å². The van der Waals surface area contributed by atoms with Crippen molar-refractivity contribution in [1.29, 1.82) is 0 Å². The van der Waals surface area contributed by atoms with Crippen LogP contribution in [0.2, 0.25) is 0 Å². The molecule has 0 bridgehead atoms. The number of nitrogens with zero attached hydrogens (tertiary/aromatic N) is 2. The summed E-state index contributed by atoms with van der Waals surface area (Å²) >= 11 is 0. The molecule has 1 saturated carbocycles. The average molecular weight is 333 g/mol. The lowest BCUT2D eigenvalue weighted by molar-refractivity contribution is 0.229. The van der Waals surface area contributed by atoms with Gasteiger partial charge in [-0.1, -0.05) is 11.2 Å². The van der Waals surface area contributed by atoms with Crippen molar-refractivity contribution in [2.24, 2.45) is 5.73 Å². The van der Waals surface area contributed by atoms with Gasteiger partial charge in [0.1, 0.15) is 0 Å². The Bertz CT molecular complexity index is 710. The summed E-state index contributed by atoms with van der Waals surface area (Å²) in [6, 6.07) is 3.81. The minimum absolute atomic E-state index is 0.400. The van der Waals surface area contributed by atoms with Crippen LogP contribution in [0.4, 0.5) is 0 Å². The number of hydrogen-bond acceptors (Lipinski definition) is 7. The first kappa shape index (κ1) is 16.6. The average Bonchev–Trinajstić information content (AvgIpc) is 3.05. The standard InChI is InChI=1S/C17H23N3O4/c1-21-12-7-5-11(14(22-2)15(12)23-3)6-8-13-19-16(20-24-13)17(18)9-4-10-17/h5,7H,4,6,8-10,18H2,1-3H3. The summed E-state index contributed by atoms with van der Waals surface area (Å²) in [5, 5.41) is 4.04. The van der Waals surface area contributed by atoms with E-state index in [9.17, 15) is 0 Å². The SMILES string of the molecule is COc1ccc(CCc2nc(C3(N)CCC3)no2)c(OC)c1OC. The summed E-state index contributed by atoms with van der Waals surface area (Å²) in [5.74, 6) is 3.07. The first-order valence-corrected chi connectivity index (χ1v) is 8.01. The molecule has 7 nitrogen and oxygen atoms in total. The van der Waals surface area contributed by atoms with E-state index in [4.69, 9.17) is 24.5 Å². The summed E-state index contributed by atoms with van der Waals surface area (Å²) in [4.78, 5) is 4.45. The van der Waals surface area contributed by atoms with Gasteiger partial charge in [0, 0.05) is 6.42 Å². The van der Waals surface area contributed by atoms with Gasteiger partial charge >= 0.3 is 0 Å². The Hall–Kier alpha value is -2.28. The Morgan fingerprint density at radius 2 is 1.83 bits per heavy atom. The summed E-state index contributed by atoms with van der Waals surface area (Å²) in [6.45, 7) is 0. The maximum atomic E-state index is 6.22. The summed E-state index contributed by atoms with van der Waals surface area (Å²) in [5.41, 5.74) is 6.81. The normalized spacial score (nSPS) is 15.7. The van der Waals surface area contributed by atoms with Crippen LogP contribution in [-0.4, -0.2) is 31.5 Å². The van der Waals surface area contributed by atoms with E-state index in [1.165, 1.54) is 0 Å². The van der Waals surface area contributed by atoms with Gasteiger partial charge in [-0.25, -0.2) is 0 Å². The van der Waals surface area contributed by atoms with Gasteiger partial charge in [-0.3, -0.25) is 0 Å². The molecule has 1 aliphatic carbocycles. The van der Waals surface area contributed by atoms with Crippen molar-refractivity contribution < 1.29 is 18.7 Å². The predicted molar refractivity (Wildman–Crippen MR) is 87.5 cm³/mol. The topological polar surface area (TPSA) is 92.6 Å². The van der Waals surface area contributed by atoms with Crippen molar-refractivity contribution in [2.75, 3.05) is 21.3 Å². The molecule has 0 aliphatic heterocycles. The fraction of sp³-hybridized carbons (Fsp3) is 0.529. The van der Waals surface area contributed by atoms with E-state index in [1.807, 2.05) is 12.1 Å². The number of benzene rings is 1. The molecule has 1 heterocycles. The highest BCUT2D eigenvalue weighted by Crippen LogP contribution is 2.40. The van der Waals surface area contributed by atoms with Crippen LogP contribution < -0.4 is 19.9 Å². The molecule has 0 unspecified atom stereocenters. The van der Waals surface area contributed by atoms with Crippen molar-refractivity contribution in [3.05, 3.63) is 29.4 Å². The Labute approximate surface area is 141 Å². The van der Waals surface area contributed by atoms with Crippen LogP contribution in [0, 0.1) is 0 Å². The fourth-order valence-electron chi connectivity index (χ4n) is 2.94. The molecule has 0 radical (unpaired) electrons. The lowest BCUT2D eigenvalue weighted by atomic mass is 9.77. The van der Waals surface area contributed by atoms with Crippen molar-refractivity contribution in [3.8, 4) is 17.2 Å². The molecule has 1 aliphatic rings. The molecule has 0 spiro atoms. The first-order valence-electron chi connectivity index (χ1n) is 8.01. The van der Waals surface area contributed by atoms with Gasteiger partial charge in [-0.15, -0.1) is 0 Å². The second-order valence-corrected chi connectivity index (χ2v) is 6.01. The zero-order valence-corrected chi connectivity index (χ0v) is 14.3. The van der Waals surface area contributed by atoms with Crippen LogP contribution >= 0.6 is 0 Å². The molecular weight excluding hydrogens is 310 g/mol. The molecule has 1 aromatic carbocycles. The minimum atomic E-state index is -0.400. The molecule has 130 valence electrons. The largest absolute Gasteiger partial charge is 0.493 e. The van der Waals surface area contributed by atoms with Gasteiger partial charge in [0.05, 0.1) is 26.9 Å². The molecule has 1 aromatic heterocycles. The second kappa shape index (κ2) is 6.68. The Morgan fingerprint density at radius 3 is 2.42 bits per heavy atom. The third kappa shape index (κ3) is 2.91. The van der Waals surface area contributed by atoms with Gasteiger partial charge < -0.3 is 24.5 Å². The molecule has 0 atom stereocenters. The van der Waals surface area contributed by atoms with Gasteiger partial charge in [-0.2, -0.15) is 4.98 Å². The van der Waals surface area contributed by atoms with E-state index < -0.39 is 5.54 Å². The fourth-order valence-corrected chi connectivity index (χ4v) is 2.94. The molecule has 1 fully saturated rings. The maximum Gasteiger partial charge on any atom is 0.227 e. The Balaban J connectivity index is 1.75. The molecule has 24 heavy (non-hydrogen) atoms. The Kier molecular flexibility index (Phi) is 4.62. The highest BCUT2D eigenvalue weighted by atomic mass is 16.5. The second-order valence-electron chi connectivity index (χ2n) is 6.01. The molecule has 0 amide bonds. The van der Waals surface area contributed by atoms with Crippen LogP contribution in [0.1, 0.15) is 36.5 Å². The van der Waals surface area contributed by atoms with Gasteiger partial charge in [-0.05, 0) is 37.3 Å². The van der Waals surface area contributed by atoms with E-state index in [-0.39, 0.29) is 0 Å². The number of aromatic nitrogens is 2. The zero-order chi connectivity index (χ0) is 17.2. The van der Waals surface area contributed by atoms with Crippen molar-refractivity contribution >= 4 is 0 Å². The highest BCUT2D eigenvalue weighted by molar-refractivity contribution is 5.55. The van der Waals surface area contributed by atoms with Gasteiger partial charge in [0.15, 0.2) is 17.3 Å². The van der Waals surface area contributed by atoms with Gasteiger partial charge in [0.25, 0.3) is 0 Å². The third-order valence-electron chi connectivity index (χ3n) is 4.55. The monoisotopic (exact) mass is 333 g/mol. The molecular formula is C17H23N3O4. The summed E-state index contributed by atoms with van der Waals surface area (Å²) in [6.07, 6.45) is 4.23. The van der Waals surface area contributed by atoms with Crippen LogP contribution in [0.15, 0.2) is 16.7 Å². The van der Waals surface area contributed by atoms with Crippen molar-refractivity contribution in [1.82, 2.24) is 10.1 Å². The maximum absolute atomic E-state index is 6.22. The van der Waals surface area contributed by atoms with Crippen LogP contribution in [0.25, 0.3) is 0 Å². The Morgan fingerprint density at radius 1 is 1.08 bits per heavy atom. The molecule has 3 rings (SSSR count). The number of hydrogen-bond donors (Lipinski definition) is 1. The minimum Gasteiger partial charge on any atom is -0.493 e. The lowest BCUT2D eigenvalue weighted by Gasteiger charge is -2.34. The van der Waals surface area contributed by atoms with Crippen LogP contribution in [0.5, 0.6) is 17.2 Å². The number of rotatable bonds is 7. The van der Waals surface area contributed by atoms with E-state index in [0.717, 1.165) is 24.8 Å². The smallest absolute Gasteiger partial charge is 0.227 e. The number of nitrogens with two attached hydrogens (primary N) is 1. The molecule has 2 N–H and O–H groups in total. The summed E-state index contributed by atoms with van der Waals surface area (Å²) < 4.78 is 21.5. The van der Waals surface area contributed by atoms with Crippen molar-refractivity contribution in [2.45, 2.75) is 37.6 Å². The molecule has 7 heteroatoms. The predicted octanol–water partition coefficient (Wildman–Crippen LogP) is 2.22. The van der Waals surface area contributed by atoms with Crippen LogP contribution in [-0.2, 0) is 18.4 Å². The van der Waals surface area contributed by atoms with E-state index in [1.54, 1.807) is 21.3 Å². The van der Waals surface area contributed by atoms with Crippen LogP contribution in [0.3, 0.4) is 0 Å². The lowest BCUT2D eigenvalue weighted by Crippen LogP contribution is -2.44. The van der Waals surface area contributed by atoms with Gasteiger partial charge in [0.2, 0.25) is 11.6 Å². The third-order valence-corrected chi connectivity index (χ3v) is 4.55. The van der Waals surface area contributed by atoms with E-state index >= 15 is 0 Å². The number of aryl methyl sites for hydroxylation is 2. The molecule has 0 saturated heterocycles. The number of ether oxygens (including phenoxy) is 3. The zero-order valence-electron chi connectivity index (χ0n) is 14.3. The number of methoxy groups -OCH3 is 3. The first-order chi connectivity index (χ1) is 11.6.